The zero-order valence-corrected chi connectivity index (χ0v) is 19.8. The van der Waals surface area contributed by atoms with Crippen LogP contribution in [0, 0.1) is 17.8 Å². The lowest BCUT2D eigenvalue weighted by Crippen LogP contribution is -2.45. The second kappa shape index (κ2) is 10.4. The minimum absolute atomic E-state index is 0.536. The van der Waals surface area contributed by atoms with Crippen LogP contribution in [0.4, 0.5) is 26.3 Å². The van der Waals surface area contributed by atoms with Gasteiger partial charge < -0.3 is 4.74 Å². The Hall–Kier alpha value is -2.18. The van der Waals surface area contributed by atoms with Gasteiger partial charge in [-0.15, -0.1) is 0 Å². The molecular formula is C28H32F6O. The van der Waals surface area contributed by atoms with E-state index >= 15 is 0 Å². The topological polar surface area (TPSA) is 9.23 Å². The van der Waals surface area contributed by atoms with E-state index in [-0.39, 0.29) is 0 Å². The number of benzene rings is 2. The normalized spacial score (nSPS) is 26.8. The second-order valence-electron chi connectivity index (χ2n) is 10.3. The summed E-state index contributed by atoms with van der Waals surface area (Å²) in [4.78, 5) is 0. The second-order valence-corrected chi connectivity index (χ2v) is 10.3. The molecule has 2 aromatic carbocycles. The van der Waals surface area contributed by atoms with Gasteiger partial charge in [-0.3, -0.25) is 0 Å². The summed E-state index contributed by atoms with van der Waals surface area (Å²) in [6.07, 6.45) is -4.66. The Kier molecular flexibility index (Phi) is 7.72. The van der Waals surface area contributed by atoms with E-state index in [9.17, 15) is 26.3 Å². The number of rotatable bonds is 6. The van der Waals surface area contributed by atoms with Gasteiger partial charge in [0.15, 0.2) is 0 Å². The molecule has 1 nitrogen and oxygen atoms in total. The maximum Gasteiger partial charge on any atom is 0.439 e. The van der Waals surface area contributed by atoms with E-state index in [4.69, 9.17) is 0 Å². The van der Waals surface area contributed by atoms with E-state index in [1.807, 2.05) is 12.1 Å². The van der Waals surface area contributed by atoms with E-state index in [1.54, 1.807) is 0 Å². The molecule has 1 atom stereocenters. The third-order valence-electron chi connectivity index (χ3n) is 7.91. The average Bonchev–Trinajstić information content (AvgIpc) is 2.84. The Morgan fingerprint density at radius 1 is 0.686 bits per heavy atom. The molecule has 2 fully saturated rings. The van der Waals surface area contributed by atoms with Gasteiger partial charge in [0.05, 0.1) is 0 Å². The van der Waals surface area contributed by atoms with Crippen LogP contribution in [0.5, 0.6) is 5.75 Å². The summed E-state index contributed by atoms with van der Waals surface area (Å²) in [6, 6.07) is 13.3. The van der Waals surface area contributed by atoms with E-state index in [1.165, 1.54) is 69.1 Å². The summed E-state index contributed by atoms with van der Waals surface area (Å²) in [5.74, 6) is 2.64. The molecule has 4 rings (SSSR count). The maximum absolute atomic E-state index is 13.5. The van der Waals surface area contributed by atoms with E-state index < -0.39 is 24.2 Å². The number of hydrogen-bond acceptors (Lipinski definition) is 1. The SMILES string of the molecule is CC1CCC(C2CCC(c3ccc(-c4ccc(OC(F)(F)C(F)C(F)(F)F)cc4)cc3)CC2)CC1. The zero-order valence-electron chi connectivity index (χ0n) is 19.8. The fraction of sp³-hybridized carbons (Fsp3) is 0.571. The first-order chi connectivity index (χ1) is 16.5. The maximum atomic E-state index is 13.5. The highest BCUT2D eigenvalue weighted by Gasteiger charge is 2.59. The van der Waals surface area contributed by atoms with Crippen molar-refractivity contribution in [1.29, 1.82) is 0 Å². The third kappa shape index (κ3) is 6.34. The van der Waals surface area contributed by atoms with Gasteiger partial charge >= 0.3 is 12.3 Å². The molecule has 192 valence electrons. The van der Waals surface area contributed by atoms with E-state index in [0.29, 0.717) is 11.5 Å². The molecule has 2 aliphatic carbocycles. The summed E-state index contributed by atoms with van der Waals surface area (Å²) in [7, 11) is 0. The predicted molar refractivity (Wildman–Crippen MR) is 124 cm³/mol. The zero-order chi connectivity index (χ0) is 25.2. The molecule has 0 aromatic heterocycles. The van der Waals surface area contributed by atoms with Crippen molar-refractivity contribution in [3.63, 3.8) is 0 Å². The molecule has 0 N–H and O–H groups in total. The summed E-state index contributed by atoms with van der Waals surface area (Å²) in [6.45, 7) is 2.36. The lowest BCUT2D eigenvalue weighted by molar-refractivity contribution is -0.304. The molecule has 0 amide bonds. The molecule has 1 unspecified atom stereocenters. The molecule has 7 heteroatoms. The fourth-order valence-corrected chi connectivity index (χ4v) is 5.74. The number of alkyl halides is 6. The molecule has 2 saturated carbocycles. The predicted octanol–water partition coefficient (Wildman–Crippen LogP) is 9.33. The van der Waals surface area contributed by atoms with Crippen molar-refractivity contribution >= 4 is 0 Å². The number of halogens is 6. The first kappa shape index (κ1) is 25.9. The minimum atomic E-state index is -5.71. The van der Waals surface area contributed by atoms with Crippen molar-refractivity contribution in [1.82, 2.24) is 0 Å². The van der Waals surface area contributed by atoms with Crippen molar-refractivity contribution < 1.29 is 31.1 Å². The van der Waals surface area contributed by atoms with Crippen LogP contribution in [0.2, 0.25) is 0 Å². The van der Waals surface area contributed by atoms with E-state index in [0.717, 1.165) is 35.4 Å². The first-order valence-electron chi connectivity index (χ1n) is 12.5. The molecule has 0 spiro atoms. The van der Waals surface area contributed by atoms with Crippen molar-refractivity contribution in [2.45, 2.75) is 82.7 Å². The Balaban J connectivity index is 1.33. The van der Waals surface area contributed by atoms with Crippen LogP contribution in [0.1, 0.15) is 69.8 Å². The molecule has 0 heterocycles. The Morgan fingerprint density at radius 2 is 1.14 bits per heavy atom. The molecule has 35 heavy (non-hydrogen) atoms. The fourth-order valence-electron chi connectivity index (χ4n) is 5.74. The minimum Gasteiger partial charge on any atom is -0.430 e. The van der Waals surface area contributed by atoms with Crippen molar-refractivity contribution in [3.8, 4) is 16.9 Å². The van der Waals surface area contributed by atoms with Gasteiger partial charge in [0, 0.05) is 0 Å². The molecule has 2 aromatic rings. The smallest absolute Gasteiger partial charge is 0.430 e. The molecule has 0 radical (unpaired) electrons. The Bertz CT molecular complexity index is 937. The van der Waals surface area contributed by atoms with Crippen molar-refractivity contribution in [2.75, 3.05) is 0 Å². The molecule has 0 bridgehead atoms. The van der Waals surface area contributed by atoms with Crippen molar-refractivity contribution in [2.24, 2.45) is 17.8 Å². The summed E-state index contributed by atoms with van der Waals surface area (Å²) < 4.78 is 80.8. The lowest BCUT2D eigenvalue weighted by Gasteiger charge is -2.37. The van der Waals surface area contributed by atoms with Crippen LogP contribution in [-0.2, 0) is 0 Å². The summed E-state index contributed by atoms with van der Waals surface area (Å²) >= 11 is 0. The van der Waals surface area contributed by atoms with Gasteiger partial charge in [-0.1, -0.05) is 56.2 Å². The summed E-state index contributed by atoms with van der Waals surface area (Å²) in [5, 5.41) is 0. The third-order valence-corrected chi connectivity index (χ3v) is 7.91. The van der Waals surface area contributed by atoms with Crippen LogP contribution < -0.4 is 4.74 Å². The quantitative estimate of drug-likeness (QED) is 0.361. The van der Waals surface area contributed by atoms with Gasteiger partial charge in [0.1, 0.15) is 5.75 Å². The average molecular weight is 499 g/mol. The van der Waals surface area contributed by atoms with Gasteiger partial charge in [-0.2, -0.15) is 22.0 Å². The standard InChI is InChI=1S/C28H32F6O/c1-18-2-4-19(5-3-18)20-6-8-21(9-7-20)22-10-12-23(13-11-22)24-14-16-25(17-15-24)35-28(33,34)26(29)27(30,31)32/h10-21,26H,2-9H2,1H3. The summed E-state index contributed by atoms with van der Waals surface area (Å²) in [5.41, 5.74) is 2.86. The highest BCUT2D eigenvalue weighted by atomic mass is 19.4. The molecular weight excluding hydrogens is 466 g/mol. The number of hydrogen-bond donors (Lipinski definition) is 0. The molecule has 0 aliphatic heterocycles. The highest BCUT2D eigenvalue weighted by Crippen LogP contribution is 2.44. The molecule has 0 saturated heterocycles. The van der Waals surface area contributed by atoms with Crippen LogP contribution in [0.25, 0.3) is 11.1 Å². The van der Waals surface area contributed by atoms with Crippen LogP contribution in [0.15, 0.2) is 48.5 Å². The van der Waals surface area contributed by atoms with Crippen molar-refractivity contribution in [3.05, 3.63) is 54.1 Å². The van der Waals surface area contributed by atoms with Crippen LogP contribution in [0.3, 0.4) is 0 Å². The first-order valence-corrected chi connectivity index (χ1v) is 12.5. The number of ether oxygens (including phenoxy) is 1. The van der Waals surface area contributed by atoms with Gasteiger partial charge in [-0.05, 0) is 91.0 Å². The van der Waals surface area contributed by atoms with E-state index in [2.05, 4.69) is 23.8 Å². The monoisotopic (exact) mass is 498 g/mol. The van der Waals surface area contributed by atoms with Gasteiger partial charge in [0.2, 0.25) is 0 Å². The Morgan fingerprint density at radius 3 is 1.63 bits per heavy atom. The van der Waals surface area contributed by atoms with Gasteiger partial charge in [-0.25, -0.2) is 4.39 Å². The largest absolute Gasteiger partial charge is 0.439 e. The molecule has 2 aliphatic rings. The van der Waals surface area contributed by atoms with Crippen LogP contribution >= 0.6 is 0 Å². The van der Waals surface area contributed by atoms with Crippen LogP contribution in [-0.4, -0.2) is 18.5 Å². The highest BCUT2D eigenvalue weighted by molar-refractivity contribution is 5.64. The van der Waals surface area contributed by atoms with Gasteiger partial charge in [0.25, 0.3) is 6.17 Å². The lowest BCUT2D eigenvalue weighted by atomic mass is 9.68. The Labute approximate surface area is 202 Å².